The first-order valence-corrected chi connectivity index (χ1v) is 8.67. The number of benzene rings is 2. The summed E-state index contributed by atoms with van der Waals surface area (Å²) in [6.07, 6.45) is 4.41. The van der Waals surface area contributed by atoms with Crippen LogP contribution in [-0.4, -0.2) is 12.5 Å². The van der Waals surface area contributed by atoms with Gasteiger partial charge in [0.1, 0.15) is 11.9 Å². The molecule has 0 bridgehead atoms. The Labute approximate surface area is 143 Å². The fraction of sp³-hybridized carbons (Fsp3) is 0.350. The van der Waals surface area contributed by atoms with E-state index in [9.17, 15) is 4.79 Å². The van der Waals surface area contributed by atoms with Gasteiger partial charge in [0.05, 0.1) is 12.2 Å². The minimum Gasteiger partial charge on any atom is -0.493 e. The number of carbonyl (C=O) groups is 1. The number of amides is 1. The molecule has 3 rings (SSSR count). The Kier molecular flexibility index (Phi) is 5.36. The highest BCUT2D eigenvalue weighted by atomic mass is 16.5. The van der Waals surface area contributed by atoms with Crippen LogP contribution in [0.4, 0.5) is 5.69 Å². The van der Waals surface area contributed by atoms with Crippen molar-refractivity contribution in [2.75, 3.05) is 11.9 Å². The van der Waals surface area contributed by atoms with Crippen LogP contribution in [0.5, 0.6) is 5.75 Å². The monoisotopic (exact) mass is 324 g/mol. The maximum atomic E-state index is 12.3. The lowest BCUT2D eigenvalue weighted by Gasteiger charge is -2.29. The molecule has 1 amide bonds. The lowest BCUT2D eigenvalue weighted by molar-refractivity contribution is 0.0935. The molecule has 24 heavy (non-hydrogen) atoms. The predicted octanol–water partition coefficient (Wildman–Crippen LogP) is 4.50. The summed E-state index contributed by atoms with van der Waals surface area (Å²) in [6.45, 7) is 2.90. The molecule has 126 valence electrons. The molecule has 0 spiro atoms. The first-order chi connectivity index (χ1) is 11.8. The zero-order valence-electron chi connectivity index (χ0n) is 14.0. The maximum Gasteiger partial charge on any atom is 0.255 e. The minimum absolute atomic E-state index is 0.0629. The van der Waals surface area contributed by atoms with Crippen LogP contribution in [0, 0.1) is 0 Å². The molecule has 2 N–H and O–H groups in total. The zero-order valence-corrected chi connectivity index (χ0v) is 14.0. The molecule has 0 radical (unpaired) electrons. The fourth-order valence-electron chi connectivity index (χ4n) is 2.92. The van der Waals surface area contributed by atoms with Crippen LogP contribution in [0.1, 0.15) is 54.7 Å². The molecule has 2 aromatic carbocycles. The van der Waals surface area contributed by atoms with Gasteiger partial charge in [-0.15, -0.1) is 0 Å². The second-order valence-electron chi connectivity index (χ2n) is 6.04. The highest BCUT2D eigenvalue weighted by Crippen LogP contribution is 2.31. The highest BCUT2D eigenvalue weighted by Gasteiger charge is 2.26. The van der Waals surface area contributed by atoms with Gasteiger partial charge in [-0.2, -0.15) is 0 Å². The lowest BCUT2D eigenvalue weighted by atomic mass is 10.1. The molecule has 0 aliphatic carbocycles. The van der Waals surface area contributed by atoms with Gasteiger partial charge in [-0.1, -0.05) is 56.5 Å². The van der Waals surface area contributed by atoms with Crippen LogP contribution >= 0.6 is 0 Å². The molecule has 1 aliphatic heterocycles. The van der Waals surface area contributed by atoms with Crippen molar-refractivity contribution in [1.82, 2.24) is 5.32 Å². The molecule has 1 heterocycles. The molecule has 4 nitrogen and oxygen atoms in total. The van der Waals surface area contributed by atoms with Gasteiger partial charge < -0.3 is 15.4 Å². The number of para-hydroxylation sites is 2. The average Bonchev–Trinajstić information content (AvgIpc) is 2.62. The summed E-state index contributed by atoms with van der Waals surface area (Å²) in [4.78, 5) is 12.3. The summed E-state index contributed by atoms with van der Waals surface area (Å²) in [5.41, 5.74) is 2.48. The van der Waals surface area contributed by atoms with Crippen molar-refractivity contribution in [3.8, 4) is 5.75 Å². The Bertz CT molecular complexity index is 700. The molecule has 1 unspecified atom stereocenters. The van der Waals surface area contributed by atoms with E-state index in [1.807, 2.05) is 48.5 Å². The Morgan fingerprint density at radius 3 is 2.62 bits per heavy atom. The number of unbranched alkanes of at least 4 members (excludes halogenated alkanes) is 3. The van der Waals surface area contributed by atoms with E-state index in [0.29, 0.717) is 12.2 Å². The smallest absolute Gasteiger partial charge is 0.255 e. The standard InChI is InChI=1S/C20H24N2O2/c1-2-3-4-9-14-24-18-13-8-6-11-16(18)19-21-17-12-7-5-10-15(17)20(23)22-19/h5-8,10-13,19,21H,2-4,9,14H2,1H3,(H,22,23). The van der Waals surface area contributed by atoms with Crippen molar-refractivity contribution in [2.24, 2.45) is 0 Å². The van der Waals surface area contributed by atoms with Crippen LogP contribution < -0.4 is 15.4 Å². The summed E-state index contributed by atoms with van der Waals surface area (Å²) in [7, 11) is 0. The number of rotatable bonds is 7. The largest absolute Gasteiger partial charge is 0.493 e. The van der Waals surface area contributed by atoms with Gasteiger partial charge in [0.15, 0.2) is 0 Å². The third-order valence-corrected chi connectivity index (χ3v) is 4.23. The number of nitrogens with one attached hydrogen (secondary N) is 2. The van der Waals surface area contributed by atoms with Crippen LogP contribution in [0.3, 0.4) is 0 Å². The molecule has 0 saturated carbocycles. The quantitative estimate of drug-likeness (QED) is 0.737. The molecular weight excluding hydrogens is 300 g/mol. The SMILES string of the molecule is CCCCCCOc1ccccc1C1NC(=O)c2ccccc2N1. The highest BCUT2D eigenvalue weighted by molar-refractivity contribution is 6.01. The summed E-state index contributed by atoms with van der Waals surface area (Å²) >= 11 is 0. The van der Waals surface area contributed by atoms with Crippen LogP contribution in [-0.2, 0) is 0 Å². The number of hydrogen-bond acceptors (Lipinski definition) is 3. The van der Waals surface area contributed by atoms with Gasteiger partial charge in [0.25, 0.3) is 5.91 Å². The van der Waals surface area contributed by atoms with Crippen LogP contribution in [0.2, 0.25) is 0 Å². The number of anilines is 1. The van der Waals surface area contributed by atoms with E-state index in [4.69, 9.17) is 4.74 Å². The van der Waals surface area contributed by atoms with Crippen molar-refractivity contribution in [3.05, 3.63) is 59.7 Å². The number of hydrogen-bond donors (Lipinski definition) is 2. The molecule has 0 fully saturated rings. The normalized spacial score (nSPS) is 16.0. The first kappa shape index (κ1) is 16.4. The van der Waals surface area contributed by atoms with E-state index in [0.717, 1.165) is 23.4 Å². The molecule has 0 saturated heterocycles. The van der Waals surface area contributed by atoms with Gasteiger partial charge in [0, 0.05) is 11.3 Å². The van der Waals surface area contributed by atoms with Gasteiger partial charge in [-0.05, 0) is 24.6 Å². The van der Waals surface area contributed by atoms with Crippen molar-refractivity contribution < 1.29 is 9.53 Å². The second kappa shape index (κ2) is 7.86. The molecular formula is C20H24N2O2. The van der Waals surface area contributed by atoms with E-state index in [2.05, 4.69) is 17.6 Å². The van der Waals surface area contributed by atoms with E-state index < -0.39 is 0 Å². The lowest BCUT2D eigenvalue weighted by Crippen LogP contribution is -2.38. The molecule has 4 heteroatoms. The second-order valence-corrected chi connectivity index (χ2v) is 6.04. The van der Waals surface area contributed by atoms with E-state index in [1.54, 1.807) is 0 Å². The van der Waals surface area contributed by atoms with Gasteiger partial charge in [0.2, 0.25) is 0 Å². The van der Waals surface area contributed by atoms with Crippen molar-refractivity contribution in [3.63, 3.8) is 0 Å². The van der Waals surface area contributed by atoms with Gasteiger partial charge >= 0.3 is 0 Å². The van der Waals surface area contributed by atoms with Crippen molar-refractivity contribution >= 4 is 11.6 Å². The van der Waals surface area contributed by atoms with Gasteiger partial charge in [-0.25, -0.2) is 0 Å². The minimum atomic E-state index is -0.278. The molecule has 2 aromatic rings. The fourth-order valence-corrected chi connectivity index (χ4v) is 2.92. The van der Waals surface area contributed by atoms with E-state index in [-0.39, 0.29) is 12.1 Å². The molecule has 1 atom stereocenters. The Balaban J connectivity index is 1.72. The number of fused-ring (bicyclic) bond motifs is 1. The average molecular weight is 324 g/mol. The summed E-state index contributed by atoms with van der Waals surface area (Å²) in [5.74, 6) is 0.762. The van der Waals surface area contributed by atoms with E-state index in [1.165, 1.54) is 19.3 Å². The third-order valence-electron chi connectivity index (χ3n) is 4.23. The summed E-state index contributed by atoms with van der Waals surface area (Å²) in [5, 5.41) is 6.39. The zero-order chi connectivity index (χ0) is 16.8. The maximum absolute atomic E-state index is 12.3. The molecule has 1 aliphatic rings. The Hall–Kier alpha value is -2.49. The Morgan fingerprint density at radius 2 is 1.75 bits per heavy atom. The van der Waals surface area contributed by atoms with Crippen molar-refractivity contribution in [1.29, 1.82) is 0 Å². The summed E-state index contributed by atoms with van der Waals surface area (Å²) in [6, 6.07) is 15.4. The number of ether oxygens (including phenoxy) is 1. The Morgan fingerprint density at radius 1 is 0.958 bits per heavy atom. The summed E-state index contributed by atoms with van der Waals surface area (Å²) < 4.78 is 5.97. The van der Waals surface area contributed by atoms with Crippen LogP contribution in [0.25, 0.3) is 0 Å². The first-order valence-electron chi connectivity index (χ1n) is 8.67. The van der Waals surface area contributed by atoms with Crippen LogP contribution in [0.15, 0.2) is 48.5 Å². The predicted molar refractivity (Wildman–Crippen MR) is 96.4 cm³/mol. The molecule has 0 aromatic heterocycles. The topological polar surface area (TPSA) is 50.4 Å². The van der Waals surface area contributed by atoms with Gasteiger partial charge in [-0.3, -0.25) is 4.79 Å². The third kappa shape index (κ3) is 3.70. The number of carbonyl (C=O) groups excluding carboxylic acids is 1. The van der Waals surface area contributed by atoms with E-state index >= 15 is 0 Å². The van der Waals surface area contributed by atoms with Crippen molar-refractivity contribution in [2.45, 2.75) is 38.8 Å².